The van der Waals surface area contributed by atoms with E-state index in [1.807, 2.05) is 13.0 Å². The topological polar surface area (TPSA) is 80.0 Å². The normalized spacial score (nSPS) is 10.5. The highest BCUT2D eigenvalue weighted by molar-refractivity contribution is 5.94. The smallest absolute Gasteiger partial charge is 0.341 e. The number of aromatic nitrogens is 3. The summed E-state index contributed by atoms with van der Waals surface area (Å²) in [6.45, 7) is 4.19. The van der Waals surface area contributed by atoms with E-state index in [-0.39, 0.29) is 5.56 Å². The van der Waals surface area contributed by atoms with Gasteiger partial charge in [-0.25, -0.2) is 4.79 Å². The van der Waals surface area contributed by atoms with Gasteiger partial charge < -0.3 is 10.4 Å². The molecule has 0 saturated carbocycles. The maximum Gasteiger partial charge on any atom is 0.341 e. The van der Waals surface area contributed by atoms with E-state index < -0.39 is 5.97 Å². The summed E-state index contributed by atoms with van der Waals surface area (Å²) >= 11 is 0. The average Bonchev–Trinajstić information content (AvgIpc) is 2.63. The van der Waals surface area contributed by atoms with Gasteiger partial charge >= 0.3 is 5.97 Å². The molecule has 0 fully saturated rings. The Kier molecular flexibility index (Phi) is 3.50. The van der Waals surface area contributed by atoms with E-state index in [9.17, 15) is 9.90 Å². The first-order valence-electron chi connectivity index (χ1n) is 5.91. The van der Waals surface area contributed by atoms with Crippen molar-refractivity contribution in [1.29, 1.82) is 0 Å². The van der Waals surface area contributed by atoms with E-state index in [4.69, 9.17) is 0 Å². The monoisotopic (exact) mass is 260 g/mol. The van der Waals surface area contributed by atoms with Gasteiger partial charge in [0.2, 0.25) is 0 Å². The number of carboxylic acid groups (broad SMARTS) is 1. The molecule has 0 radical (unpaired) electrons. The summed E-state index contributed by atoms with van der Waals surface area (Å²) in [6.07, 6.45) is 3.50. The summed E-state index contributed by atoms with van der Waals surface area (Å²) < 4.78 is 1.55. The van der Waals surface area contributed by atoms with Crippen molar-refractivity contribution in [2.45, 2.75) is 20.4 Å². The third-order valence-corrected chi connectivity index (χ3v) is 3.02. The van der Waals surface area contributed by atoms with Crippen LogP contribution in [0.5, 0.6) is 0 Å². The SMILES string of the molecule is Cc1cnccc1CNc1c(C(=O)O)c(C)nn1C. The van der Waals surface area contributed by atoms with E-state index in [0.29, 0.717) is 18.1 Å². The van der Waals surface area contributed by atoms with Gasteiger partial charge in [0, 0.05) is 26.0 Å². The molecule has 6 nitrogen and oxygen atoms in total. The third kappa shape index (κ3) is 2.57. The van der Waals surface area contributed by atoms with Crippen molar-refractivity contribution >= 4 is 11.8 Å². The van der Waals surface area contributed by atoms with Crippen LogP contribution in [0, 0.1) is 13.8 Å². The molecule has 6 heteroatoms. The van der Waals surface area contributed by atoms with E-state index >= 15 is 0 Å². The Morgan fingerprint density at radius 1 is 1.47 bits per heavy atom. The number of hydrogen-bond donors (Lipinski definition) is 2. The van der Waals surface area contributed by atoms with Gasteiger partial charge in [0.15, 0.2) is 0 Å². The average molecular weight is 260 g/mol. The van der Waals surface area contributed by atoms with E-state index in [0.717, 1.165) is 11.1 Å². The van der Waals surface area contributed by atoms with Crippen LogP contribution in [-0.2, 0) is 13.6 Å². The van der Waals surface area contributed by atoms with Gasteiger partial charge in [0.05, 0.1) is 5.69 Å². The van der Waals surface area contributed by atoms with Crippen LogP contribution in [0.3, 0.4) is 0 Å². The molecular weight excluding hydrogens is 244 g/mol. The predicted octanol–water partition coefficient (Wildman–Crippen LogP) is 1.74. The van der Waals surface area contributed by atoms with Crippen molar-refractivity contribution in [3.05, 3.63) is 40.8 Å². The molecule has 0 amide bonds. The summed E-state index contributed by atoms with van der Waals surface area (Å²) in [4.78, 5) is 15.3. The van der Waals surface area contributed by atoms with Gasteiger partial charge in [0.1, 0.15) is 11.4 Å². The number of aromatic carboxylic acids is 1. The van der Waals surface area contributed by atoms with Gasteiger partial charge in [0.25, 0.3) is 0 Å². The zero-order valence-electron chi connectivity index (χ0n) is 11.1. The molecule has 2 aromatic heterocycles. The first-order valence-corrected chi connectivity index (χ1v) is 5.91. The largest absolute Gasteiger partial charge is 0.477 e. The molecule has 0 saturated heterocycles. The van der Waals surface area contributed by atoms with E-state index in [2.05, 4.69) is 15.4 Å². The van der Waals surface area contributed by atoms with Gasteiger partial charge in [-0.1, -0.05) is 0 Å². The summed E-state index contributed by atoms with van der Waals surface area (Å²) in [5.74, 6) is -0.458. The molecule has 0 aliphatic rings. The van der Waals surface area contributed by atoms with Crippen LogP contribution in [-0.4, -0.2) is 25.8 Å². The van der Waals surface area contributed by atoms with Gasteiger partial charge in [-0.05, 0) is 31.0 Å². The number of carbonyl (C=O) groups is 1. The second-order valence-corrected chi connectivity index (χ2v) is 4.39. The maximum atomic E-state index is 11.2. The van der Waals surface area contributed by atoms with Crippen LogP contribution in [0.1, 0.15) is 27.2 Å². The molecule has 0 aliphatic carbocycles. The third-order valence-electron chi connectivity index (χ3n) is 3.02. The number of rotatable bonds is 4. The molecule has 19 heavy (non-hydrogen) atoms. The highest BCUT2D eigenvalue weighted by Crippen LogP contribution is 2.19. The van der Waals surface area contributed by atoms with Gasteiger partial charge in [-0.15, -0.1) is 0 Å². The summed E-state index contributed by atoms with van der Waals surface area (Å²) in [7, 11) is 1.72. The van der Waals surface area contributed by atoms with Crippen LogP contribution < -0.4 is 5.32 Å². The lowest BCUT2D eigenvalue weighted by Gasteiger charge is -2.09. The number of nitrogens with zero attached hydrogens (tertiary/aromatic N) is 3. The molecular formula is C13H16N4O2. The van der Waals surface area contributed by atoms with Crippen LogP contribution in [0.25, 0.3) is 0 Å². The van der Waals surface area contributed by atoms with Crippen molar-refractivity contribution in [3.8, 4) is 0 Å². The minimum absolute atomic E-state index is 0.217. The second kappa shape index (κ2) is 5.09. The summed E-state index contributed by atoms with van der Waals surface area (Å²) in [6, 6.07) is 1.91. The van der Waals surface area contributed by atoms with E-state index in [1.165, 1.54) is 0 Å². The fourth-order valence-corrected chi connectivity index (χ4v) is 2.00. The Morgan fingerprint density at radius 3 is 2.84 bits per heavy atom. The first kappa shape index (κ1) is 13.1. The molecule has 2 N–H and O–H groups in total. The predicted molar refractivity (Wildman–Crippen MR) is 71.2 cm³/mol. The number of anilines is 1. The lowest BCUT2D eigenvalue weighted by Crippen LogP contribution is -2.09. The molecule has 0 spiro atoms. The Labute approximate surface area is 111 Å². The summed E-state index contributed by atoms with van der Waals surface area (Å²) in [5, 5.41) is 16.5. The van der Waals surface area contributed by atoms with Crippen LogP contribution in [0.15, 0.2) is 18.5 Å². The zero-order valence-corrected chi connectivity index (χ0v) is 11.1. The lowest BCUT2D eigenvalue weighted by atomic mass is 10.1. The Morgan fingerprint density at radius 2 is 2.21 bits per heavy atom. The van der Waals surface area contributed by atoms with Crippen LogP contribution in [0.4, 0.5) is 5.82 Å². The van der Waals surface area contributed by atoms with Crippen LogP contribution in [0.2, 0.25) is 0 Å². The Hall–Kier alpha value is -2.37. The zero-order chi connectivity index (χ0) is 14.0. The standard InChI is InChI=1S/C13H16N4O2/c1-8-6-14-5-4-10(8)7-15-12-11(13(18)19)9(2)16-17(12)3/h4-6,15H,7H2,1-3H3,(H,18,19). The highest BCUT2D eigenvalue weighted by Gasteiger charge is 2.19. The molecule has 100 valence electrons. The molecule has 0 aliphatic heterocycles. The van der Waals surface area contributed by atoms with E-state index in [1.54, 1.807) is 31.0 Å². The molecule has 2 aromatic rings. The molecule has 2 heterocycles. The number of pyridine rings is 1. The number of hydrogen-bond acceptors (Lipinski definition) is 4. The summed E-state index contributed by atoms with van der Waals surface area (Å²) in [5.41, 5.74) is 2.86. The molecule has 2 rings (SSSR count). The van der Waals surface area contributed by atoms with Gasteiger partial charge in [-0.3, -0.25) is 9.67 Å². The quantitative estimate of drug-likeness (QED) is 0.875. The van der Waals surface area contributed by atoms with Crippen molar-refractivity contribution in [2.24, 2.45) is 7.05 Å². The van der Waals surface area contributed by atoms with Crippen molar-refractivity contribution in [2.75, 3.05) is 5.32 Å². The minimum Gasteiger partial charge on any atom is -0.477 e. The second-order valence-electron chi connectivity index (χ2n) is 4.39. The Bertz CT molecular complexity index is 619. The highest BCUT2D eigenvalue weighted by atomic mass is 16.4. The molecule has 0 aromatic carbocycles. The molecule has 0 bridgehead atoms. The number of nitrogens with one attached hydrogen (secondary N) is 1. The lowest BCUT2D eigenvalue weighted by molar-refractivity contribution is 0.0697. The van der Waals surface area contributed by atoms with Crippen molar-refractivity contribution < 1.29 is 9.90 Å². The number of carboxylic acids is 1. The fraction of sp³-hybridized carbons (Fsp3) is 0.308. The van der Waals surface area contributed by atoms with Crippen LogP contribution >= 0.6 is 0 Å². The van der Waals surface area contributed by atoms with Crippen molar-refractivity contribution in [3.63, 3.8) is 0 Å². The molecule has 0 atom stereocenters. The minimum atomic E-state index is -0.973. The fourth-order valence-electron chi connectivity index (χ4n) is 2.00. The Balaban J connectivity index is 2.25. The van der Waals surface area contributed by atoms with Crippen molar-refractivity contribution in [1.82, 2.24) is 14.8 Å². The first-order chi connectivity index (χ1) is 9.00. The maximum absolute atomic E-state index is 11.2. The number of aryl methyl sites for hydroxylation is 3. The van der Waals surface area contributed by atoms with Gasteiger partial charge in [-0.2, -0.15) is 5.10 Å². The molecule has 0 unspecified atom stereocenters.